The molecule has 2 aromatic heterocycles. The smallest absolute Gasteiger partial charge is 0.113 e. The van der Waals surface area contributed by atoms with Gasteiger partial charge in [0, 0.05) is 28.9 Å². The first-order chi connectivity index (χ1) is 13.6. The van der Waals surface area contributed by atoms with E-state index in [1.54, 1.807) is 4.68 Å². The van der Waals surface area contributed by atoms with Crippen LogP contribution >= 0.6 is 45.2 Å². The number of benzene rings is 3. The molecule has 0 saturated heterocycles. The highest BCUT2D eigenvalue weighted by molar-refractivity contribution is 14.1. The van der Waals surface area contributed by atoms with Crippen molar-refractivity contribution < 1.29 is 5.11 Å². The summed E-state index contributed by atoms with van der Waals surface area (Å²) in [6.45, 7) is 0.895. The van der Waals surface area contributed by atoms with E-state index in [-0.39, 0.29) is 0 Å². The molecule has 0 unspecified atom stereocenters. The Morgan fingerprint density at radius 3 is 2.14 bits per heavy atom. The van der Waals surface area contributed by atoms with Crippen molar-refractivity contribution in [1.82, 2.24) is 19.6 Å². The van der Waals surface area contributed by atoms with E-state index < -0.39 is 6.10 Å². The number of hydrogen-bond donors (Lipinski definition) is 1. The van der Waals surface area contributed by atoms with Crippen LogP contribution in [0.4, 0.5) is 0 Å². The number of halogens is 2. The number of aliphatic hydroxyl groups excluding tert-OH is 1. The molecule has 5 aromatic rings. The Kier molecular flexibility index (Phi) is 4.76. The lowest BCUT2D eigenvalue weighted by atomic mass is 10.2. The van der Waals surface area contributed by atoms with E-state index in [2.05, 4.69) is 96.5 Å². The number of para-hydroxylation sites is 1. The zero-order chi connectivity index (χ0) is 19.3. The lowest BCUT2D eigenvalue weighted by Crippen LogP contribution is -2.22. The molecule has 5 nitrogen and oxygen atoms in total. The molecule has 0 aliphatic carbocycles. The number of aliphatic hydroxyl groups is 1. The molecular formula is C21H16I2N4O. The van der Waals surface area contributed by atoms with Crippen molar-refractivity contribution in [3.8, 4) is 0 Å². The van der Waals surface area contributed by atoms with Gasteiger partial charge in [-0.25, -0.2) is 4.68 Å². The first-order valence-corrected chi connectivity index (χ1v) is 11.1. The maximum atomic E-state index is 10.9. The average molecular weight is 594 g/mol. The van der Waals surface area contributed by atoms with Crippen molar-refractivity contribution in [2.45, 2.75) is 19.2 Å². The highest BCUT2D eigenvalue weighted by Crippen LogP contribution is 2.31. The minimum Gasteiger partial charge on any atom is -0.389 e. The summed E-state index contributed by atoms with van der Waals surface area (Å²) in [7, 11) is 0. The minimum absolute atomic E-state index is 0.399. The summed E-state index contributed by atoms with van der Waals surface area (Å²) in [5.74, 6) is 0. The molecule has 7 heteroatoms. The quantitative estimate of drug-likeness (QED) is 0.304. The predicted molar refractivity (Wildman–Crippen MR) is 128 cm³/mol. The molecule has 0 radical (unpaired) electrons. The van der Waals surface area contributed by atoms with Gasteiger partial charge < -0.3 is 9.67 Å². The van der Waals surface area contributed by atoms with Crippen molar-refractivity contribution in [2.24, 2.45) is 0 Å². The monoisotopic (exact) mass is 594 g/mol. The van der Waals surface area contributed by atoms with Crippen molar-refractivity contribution in [2.75, 3.05) is 0 Å². The Hall–Kier alpha value is -1.72. The number of nitrogens with zero attached hydrogens (tertiary/aromatic N) is 4. The zero-order valence-electron chi connectivity index (χ0n) is 14.8. The number of fused-ring (bicyclic) bond motifs is 4. The summed E-state index contributed by atoms with van der Waals surface area (Å²) in [6.07, 6.45) is -0.581. The van der Waals surface area contributed by atoms with Crippen LogP contribution in [0.2, 0.25) is 0 Å². The van der Waals surface area contributed by atoms with Gasteiger partial charge in [-0.05, 0) is 93.7 Å². The lowest BCUT2D eigenvalue weighted by Gasteiger charge is -2.14. The summed E-state index contributed by atoms with van der Waals surface area (Å²) in [5, 5.41) is 21.7. The van der Waals surface area contributed by atoms with Crippen molar-refractivity contribution in [3.05, 3.63) is 67.8 Å². The predicted octanol–water partition coefficient (Wildman–Crippen LogP) is 4.81. The van der Waals surface area contributed by atoms with Crippen LogP contribution in [0.1, 0.15) is 0 Å². The van der Waals surface area contributed by atoms with Gasteiger partial charge in [0.05, 0.1) is 24.7 Å². The molecule has 1 N–H and O–H groups in total. The molecule has 28 heavy (non-hydrogen) atoms. The van der Waals surface area contributed by atoms with Crippen LogP contribution in [-0.2, 0) is 13.1 Å². The fourth-order valence-electron chi connectivity index (χ4n) is 3.77. The summed E-state index contributed by atoms with van der Waals surface area (Å²) < 4.78 is 6.40. The third-order valence-electron chi connectivity index (χ3n) is 4.99. The molecule has 5 rings (SSSR count). The zero-order valence-corrected chi connectivity index (χ0v) is 19.1. The van der Waals surface area contributed by atoms with Gasteiger partial charge in [0.15, 0.2) is 0 Å². The molecule has 1 atom stereocenters. The normalized spacial score (nSPS) is 13.0. The molecule has 3 aromatic carbocycles. The molecule has 2 heterocycles. The van der Waals surface area contributed by atoms with Gasteiger partial charge in [0.25, 0.3) is 0 Å². The van der Waals surface area contributed by atoms with Crippen LogP contribution in [0.25, 0.3) is 32.8 Å². The van der Waals surface area contributed by atoms with E-state index in [1.807, 2.05) is 24.3 Å². The van der Waals surface area contributed by atoms with E-state index in [0.29, 0.717) is 13.1 Å². The van der Waals surface area contributed by atoms with Crippen LogP contribution in [0, 0.1) is 7.14 Å². The van der Waals surface area contributed by atoms with E-state index >= 15 is 0 Å². The second kappa shape index (κ2) is 7.27. The Morgan fingerprint density at radius 1 is 0.821 bits per heavy atom. The van der Waals surface area contributed by atoms with E-state index in [0.717, 1.165) is 22.1 Å². The topological polar surface area (TPSA) is 55.9 Å². The Bertz CT molecular complexity index is 1270. The molecule has 0 bridgehead atoms. The summed E-state index contributed by atoms with van der Waals surface area (Å²) in [6, 6.07) is 20.7. The average Bonchev–Trinajstić information content (AvgIpc) is 3.21. The highest BCUT2D eigenvalue weighted by atomic mass is 127. The largest absolute Gasteiger partial charge is 0.389 e. The van der Waals surface area contributed by atoms with Gasteiger partial charge >= 0.3 is 0 Å². The fraction of sp³-hybridized carbons (Fsp3) is 0.143. The third-order valence-corrected chi connectivity index (χ3v) is 6.33. The third kappa shape index (κ3) is 3.18. The van der Waals surface area contributed by atoms with Crippen LogP contribution in [0.5, 0.6) is 0 Å². The molecule has 0 amide bonds. The summed E-state index contributed by atoms with van der Waals surface area (Å²) >= 11 is 4.69. The standard InChI is InChI=1S/C21H16I2N4O/c22-13-5-7-19-16(9-13)17-10-14(23)6-8-20(17)26(19)11-15(28)12-27-21-4-2-1-3-18(21)24-25-27/h1-10,15,28H,11-12H2/t15-/m1/s1. The fourth-order valence-corrected chi connectivity index (χ4v) is 4.75. The molecule has 0 fully saturated rings. The van der Waals surface area contributed by atoms with Gasteiger partial charge in [-0.2, -0.15) is 0 Å². The minimum atomic E-state index is -0.581. The van der Waals surface area contributed by atoms with Crippen molar-refractivity contribution >= 4 is 78.0 Å². The molecular weight excluding hydrogens is 578 g/mol. The summed E-state index contributed by atoms with van der Waals surface area (Å²) in [4.78, 5) is 0. The maximum Gasteiger partial charge on any atom is 0.113 e. The van der Waals surface area contributed by atoms with Crippen LogP contribution in [-0.4, -0.2) is 30.8 Å². The number of aromatic nitrogens is 4. The maximum absolute atomic E-state index is 10.9. The van der Waals surface area contributed by atoms with Crippen LogP contribution in [0.3, 0.4) is 0 Å². The second-order valence-corrected chi connectivity index (χ2v) is 9.34. The lowest BCUT2D eigenvalue weighted by molar-refractivity contribution is 0.133. The van der Waals surface area contributed by atoms with Gasteiger partial charge in [-0.15, -0.1) is 5.10 Å². The second-order valence-electron chi connectivity index (χ2n) is 6.85. The van der Waals surface area contributed by atoms with Gasteiger partial charge in [0.1, 0.15) is 5.52 Å². The van der Waals surface area contributed by atoms with Gasteiger partial charge in [-0.1, -0.05) is 17.3 Å². The van der Waals surface area contributed by atoms with Gasteiger partial charge in [-0.3, -0.25) is 0 Å². The SMILES string of the molecule is O[C@@H](Cn1nnc2ccccc21)Cn1c2ccc(I)cc2c2cc(I)ccc21. The molecule has 140 valence electrons. The van der Waals surface area contributed by atoms with Gasteiger partial charge in [0.2, 0.25) is 0 Å². The van der Waals surface area contributed by atoms with E-state index in [4.69, 9.17) is 0 Å². The van der Waals surface area contributed by atoms with Crippen molar-refractivity contribution in [1.29, 1.82) is 0 Å². The van der Waals surface area contributed by atoms with Crippen LogP contribution in [0.15, 0.2) is 60.7 Å². The number of rotatable bonds is 4. The Morgan fingerprint density at radius 2 is 1.46 bits per heavy atom. The molecule has 0 saturated carbocycles. The molecule has 0 aliphatic rings. The first kappa shape index (κ1) is 18.3. The summed E-state index contributed by atoms with van der Waals surface area (Å²) in [5.41, 5.74) is 4.06. The number of hydrogen-bond acceptors (Lipinski definition) is 3. The Balaban J connectivity index is 1.55. The van der Waals surface area contributed by atoms with E-state index in [9.17, 15) is 5.11 Å². The Labute approximate surface area is 188 Å². The van der Waals surface area contributed by atoms with Crippen molar-refractivity contribution in [3.63, 3.8) is 0 Å². The molecule has 0 aliphatic heterocycles. The molecule has 0 spiro atoms. The highest BCUT2D eigenvalue weighted by Gasteiger charge is 2.16. The first-order valence-electron chi connectivity index (χ1n) is 8.93. The van der Waals surface area contributed by atoms with Crippen LogP contribution < -0.4 is 0 Å². The van der Waals surface area contributed by atoms with E-state index in [1.165, 1.54) is 17.9 Å².